The van der Waals surface area contributed by atoms with E-state index >= 15 is 0 Å². The van der Waals surface area contributed by atoms with Gasteiger partial charge in [0.15, 0.2) is 0 Å². The third kappa shape index (κ3) is 5.07. The van der Waals surface area contributed by atoms with Crippen LogP contribution >= 0.6 is 0 Å². The molecule has 0 saturated carbocycles. The van der Waals surface area contributed by atoms with Crippen LogP contribution in [0.2, 0.25) is 0 Å². The molecule has 0 unspecified atom stereocenters. The normalized spacial score (nSPS) is 13.8. The maximum atomic E-state index is 12.3. The van der Waals surface area contributed by atoms with Crippen LogP contribution in [0.3, 0.4) is 0 Å². The van der Waals surface area contributed by atoms with Gasteiger partial charge in [-0.2, -0.15) is 0 Å². The number of hydrogen-bond donors (Lipinski definition) is 1. The number of nitrogens with one attached hydrogen (secondary N) is 1. The summed E-state index contributed by atoms with van der Waals surface area (Å²) in [5.74, 6) is 0.0361. The average Bonchev–Trinajstić information content (AvgIpc) is 2.73. The van der Waals surface area contributed by atoms with E-state index in [-0.39, 0.29) is 18.4 Å². The third-order valence-electron chi connectivity index (χ3n) is 4.28. The van der Waals surface area contributed by atoms with Crippen molar-refractivity contribution in [2.75, 3.05) is 32.7 Å². The first-order chi connectivity index (χ1) is 13.1. The molecule has 2 aromatic carbocycles. The van der Waals surface area contributed by atoms with E-state index in [0.29, 0.717) is 37.5 Å². The molecule has 1 N–H and O–H groups in total. The van der Waals surface area contributed by atoms with Gasteiger partial charge >= 0.3 is 6.09 Å². The molecule has 1 aliphatic heterocycles. The molecule has 3 amide bonds. The lowest BCUT2D eigenvalue weighted by atomic mass is 10.2. The summed E-state index contributed by atoms with van der Waals surface area (Å²) in [5, 5.41) is 2.63. The van der Waals surface area contributed by atoms with Gasteiger partial charge in [0.1, 0.15) is 5.75 Å². The molecule has 0 radical (unpaired) electrons. The van der Waals surface area contributed by atoms with Crippen molar-refractivity contribution in [2.45, 2.75) is 0 Å². The van der Waals surface area contributed by atoms with Crippen LogP contribution in [-0.2, 0) is 4.79 Å². The standard InChI is InChI=1S/C20H21N3O4/c24-18(15-21-19(25)16-7-3-1-4-8-16)22-11-13-23(14-12-22)20(26)27-17-9-5-2-6-10-17/h1-10H,11-15H2,(H,21,25). The Bertz CT molecular complexity index is 787. The van der Waals surface area contributed by atoms with E-state index in [2.05, 4.69) is 5.32 Å². The van der Waals surface area contributed by atoms with E-state index in [4.69, 9.17) is 4.74 Å². The van der Waals surface area contributed by atoms with Crippen molar-refractivity contribution < 1.29 is 19.1 Å². The first kappa shape index (κ1) is 18.4. The summed E-state index contributed by atoms with van der Waals surface area (Å²) >= 11 is 0. The Balaban J connectivity index is 1.42. The predicted molar refractivity (Wildman–Crippen MR) is 99.4 cm³/mol. The highest BCUT2D eigenvalue weighted by Crippen LogP contribution is 2.11. The Hall–Kier alpha value is -3.35. The highest BCUT2D eigenvalue weighted by molar-refractivity contribution is 5.96. The van der Waals surface area contributed by atoms with Crippen molar-refractivity contribution >= 4 is 17.9 Å². The quantitative estimate of drug-likeness (QED) is 0.893. The number of para-hydroxylation sites is 1. The molecule has 0 atom stereocenters. The van der Waals surface area contributed by atoms with Gasteiger partial charge < -0.3 is 19.9 Å². The van der Waals surface area contributed by atoms with Crippen LogP contribution in [0.5, 0.6) is 5.75 Å². The lowest BCUT2D eigenvalue weighted by molar-refractivity contribution is -0.131. The molecule has 0 aromatic heterocycles. The van der Waals surface area contributed by atoms with Crippen molar-refractivity contribution in [3.8, 4) is 5.75 Å². The number of ether oxygens (including phenoxy) is 1. The molecule has 1 heterocycles. The topological polar surface area (TPSA) is 79.0 Å². The highest BCUT2D eigenvalue weighted by Gasteiger charge is 2.25. The van der Waals surface area contributed by atoms with Gasteiger partial charge in [0, 0.05) is 31.7 Å². The van der Waals surface area contributed by atoms with E-state index in [1.54, 1.807) is 58.3 Å². The van der Waals surface area contributed by atoms with Crippen LogP contribution < -0.4 is 10.1 Å². The number of benzene rings is 2. The minimum atomic E-state index is -0.425. The Labute approximate surface area is 157 Å². The van der Waals surface area contributed by atoms with Gasteiger partial charge in [0.25, 0.3) is 5.91 Å². The third-order valence-corrected chi connectivity index (χ3v) is 4.28. The largest absolute Gasteiger partial charge is 0.415 e. The van der Waals surface area contributed by atoms with Gasteiger partial charge in [-0.05, 0) is 24.3 Å². The van der Waals surface area contributed by atoms with Gasteiger partial charge in [-0.1, -0.05) is 36.4 Å². The Morgan fingerprint density at radius 2 is 1.37 bits per heavy atom. The molecule has 0 spiro atoms. The molecular weight excluding hydrogens is 346 g/mol. The molecule has 1 saturated heterocycles. The maximum absolute atomic E-state index is 12.3. The van der Waals surface area contributed by atoms with Crippen molar-refractivity contribution in [2.24, 2.45) is 0 Å². The zero-order valence-corrected chi connectivity index (χ0v) is 14.8. The molecule has 3 rings (SSSR count). The number of carbonyl (C=O) groups excluding carboxylic acids is 3. The predicted octanol–water partition coefficient (Wildman–Crippen LogP) is 1.76. The average molecular weight is 367 g/mol. The summed E-state index contributed by atoms with van der Waals surface area (Å²) in [5.41, 5.74) is 0.513. The van der Waals surface area contributed by atoms with Crippen LogP contribution in [0.1, 0.15) is 10.4 Å². The first-order valence-electron chi connectivity index (χ1n) is 8.76. The number of carbonyl (C=O) groups is 3. The van der Waals surface area contributed by atoms with Gasteiger partial charge in [-0.15, -0.1) is 0 Å². The molecule has 27 heavy (non-hydrogen) atoms. The second-order valence-corrected chi connectivity index (χ2v) is 6.10. The molecule has 140 valence electrons. The number of rotatable bonds is 4. The van der Waals surface area contributed by atoms with Crippen LogP contribution in [-0.4, -0.2) is 60.4 Å². The number of amides is 3. The highest BCUT2D eigenvalue weighted by atomic mass is 16.6. The monoisotopic (exact) mass is 367 g/mol. The van der Waals surface area contributed by atoms with Crippen molar-refractivity contribution in [3.63, 3.8) is 0 Å². The molecular formula is C20H21N3O4. The second-order valence-electron chi connectivity index (χ2n) is 6.10. The molecule has 1 fully saturated rings. The zero-order chi connectivity index (χ0) is 19.1. The van der Waals surface area contributed by atoms with E-state index in [9.17, 15) is 14.4 Å². The van der Waals surface area contributed by atoms with Crippen LogP contribution in [0, 0.1) is 0 Å². The van der Waals surface area contributed by atoms with Gasteiger partial charge in [0.2, 0.25) is 5.91 Å². The Morgan fingerprint density at radius 3 is 2.00 bits per heavy atom. The maximum Gasteiger partial charge on any atom is 0.415 e. The Kier molecular flexibility index (Phi) is 6.04. The fourth-order valence-electron chi connectivity index (χ4n) is 2.75. The smallest absolute Gasteiger partial charge is 0.410 e. The van der Waals surface area contributed by atoms with E-state index in [1.807, 2.05) is 12.1 Å². The fraction of sp³-hybridized carbons (Fsp3) is 0.250. The molecule has 7 heteroatoms. The molecule has 2 aromatic rings. The fourth-order valence-corrected chi connectivity index (χ4v) is 2.75. The number of piperazine rings is 1. The van der Waals surface area contributed by atoms with Gasteiger partial charge in [-0.25, -0.2) is 4.79 Å². The first-order valence-corrected chi connectivity index (χ1v) is 8.76. The summed E-state index contributed by atoms with van der Waals surface area (Å²) in [6.07, 6.45) is -0.425. The minimum absolute atomic E-state index is 0.0673. The van der Waals surface area contributed by atoms with E-state index in [0.717, 1.165) is 0 Å². The Morgan fingerprint density at radius 1 is 0.815 bits per heavy atom. The lowest BCUT2D eigenvalue weighted by Gasteiger charge is -2.34. The number of nitrogens with zero attached hydrogens (tertiary/aromatic N) is 2. The van der Waals surface area contributed by atoms with Crippen LogP contribution in [0.25, 0.3) is 0 Å². The van der Waals surface area contributed by atoms with E-state index < -0.39 is 6.09 Å². The number of hydrogen-bond acceptors (Lipinski definition) is 4. The second kappa shape index (κ2) is 8.84. The molecule has 1 aliphatic rings. The summed E-state index contributed by atoms with van der Waals surface area (Å²) in [6.45, 7) is 1.53. The zero-order valence-electron chi connectivity index (χ0n) is 14.8. The van der Waals surface area contributed by atoms with Crippen LogP contribution in [0.4, 0.5) is 4.79 Å². The van der Waals surface area contributed by atoms with Crippen LogP contribution in [0.15, 0.2) is 60.7 Å². The van der Waals surface area contributed by atoms with Gasteiger partial charge in [-0.3, -0.25) is 9.59 Å². The summed E-state index contributed by atoms with van der Waals surface area (Å²) in [7, 11) is 0. The van der Waals surface area contributed by atoms with Gasteiger partial charge in [0.05, 0.1) is 6.54 Å². The van der Waals surface area contributed by atoms with Crippen molar-refractivity contribution in [3.05, 3.63) is 66.2 Å². The summed E-state index contributed by atoms with van der Waals surface area (Å²) in [6, 6.07) is 17.6. The SMILES string of the molecule is O=C(NCC(=O)N1CCN(C(=O)Oc2ccccc2)CC1)c1ccccc1. The van der Waals surface area contributed by atoms with E-state index in [1.165, 1.54) is 0 Å². The molecule has 7 nitrogen and oxygen atoms in total. The minimum Gasteiger partial charge on any atom is -0.410 e. The summed E-state index contributed by atoms with van der Waals surface area (Å²) in [4.78, 5) is 39.6. The molecule has 0 aliphatic carbocycles. The van der Waals surface area contributed by atoms with Crippen molar-refractivity contribution in [1.29, 1.82) is 0 Å². The lowest BCUT2D eigenvalue weighted by Crippen LogP contribution is -2.53. The molecule has 0 bridgehead atoms. The van der Waals surface area contributed by atoms with Crippen molar-refractivity contribution in [1.82, 2.24) is 15.1 Å². The summed E-state index contributed by atoms with van der Waals surface area (Å²) < 4.78 is 5.30.